The molecule has 2 amide bonds. The number of thiophene rings is 1. The van der Waals surface area contributed by atoms with Crippen molar-refractivity contribution in [3.63, 3.8) is 0 Å². The molecule has 0 bridgehead atoms. The molecular formula is C14H18N2O3S. The molecule has 0 fully saturated rings. The normalized spacial score (nSPS) is 20.9. The molecule has 1 aromatic rings. The number of aryl methyl sites for hydroxylation is 1. The number of rotatable bonds is 5. The SMILES string of the molecule is CCc1ccc(CNC(=O)NC2C=CC(C(=O)O)C2)s1. The van der Waals surface area contributed by atoms with E-state index in [2.05, 4.69) is 23.6 Å². The zero-order chi connectivity index (χ0) is 14.5. The maximum Gasteiger partial charge on any atom is 0.315 e. The second kappa shape index (κ2) is 6.56. The number of aliphatic carboxylic acids is 1. The van der Waals surface area contributed by atoms with E-state index in [1.165, 1.54) is 4.88 Å². The fourth-order valence-corrected chi connectivity index (χ4v) is 2.98. The molecule has 1 aliphatic rings. The molecule has 108 valence electrons. The number of hydrogen-bond donors (Lipinski definition) is 3. The highest BCUT2D eigenvalue weighted by Crippen LogP contribution is 2.18. The van der Waals surface area contributed by atoms with Crippen LogP contribution >= 0.6 is 11.3 Å². The minimum absolute atomic E-state index is 0.203. The van der Waals surface area contributed by atoms with Crippen molar-refractivity contribution < 1.29 is 14.7 Å². The average molecular weight is 294 g/mol. The van der Waals surface area contributed by atoms with Gasteiger partial charge in [0.25, 0.3) is 0 Å². The van der Waals surface area contributed by atoms with Crippen LogP contribution in [-0.2, 0) is 17.8 Å². The summed E-state index contributed by atoms with van der Waals surface area (Å²) in [4.78, 5) is 24.9. The van der Waals surface area contributed by atoms with Crippen LogP contribution in [0.5, 0.6) is 0 Å². The summed E-state index contributed by atoms with van der Waals surface area (Å²) in [5, 5.41) is 14.4. The lowest BCUT2D eigenvalue weighted by molar-refractivity contribution is -0.140. The first kappa shape index (κ1) is 14.6. The second-order valence-corrected chi connectivity index (χ2v) is 5.97. The molecule has 20 heavy (non-hydrogen) atoms. The van der Waals surface area contributed by atoms with Crippen molar-refractivity contribution >= 4 is 23.3 Å². The summed E-state index contributed by atoms with van der Waals surface area (Å²) in [6, 6.07) is 3.61. The third-order valence-corrected chi connectivity index (χ3v) is 4.44. The summed E-state index contributed by atoms with van der Waals surface area (Å²) in [6.07, 6.45) is 4.78. The highest BCUT2D eigenvalue weighted by atomic mass is 32.1. The van der Waals surface area contributed by atoms with E-state index >= 15 is 0 Å². The average Bonchev–Trinajstić information content (AvgIpc) is 3.04. The quantitative estimate of drug-likeness (QED) is 0.728. The van der Waals surface area contributed by atoms with Gasteiger partial charge in [0.05, 0.1) is 18.5 Å². The molecule has 0 aliphatic heterocycles. The highest BCUT2D eigenvalue weighted by Gasteiger charge is 2.25. The van der Waals surface area contributed by atoms with Crippen LogP contribution in [0.3, 0.4) is 0 Å². The van der Waals surface area contributed by atoms with E-state index in [9.17, 15) is 9.59 Å². The maximum atomic E-state index is 11.7. The minimum Gasteiger partial charge on any atom is -0.481 e. The van der Waals surface area contributed by atoms with Crippen molar-refractivity contribution in [2.45, 2.75) is 32.4 Å². The first-order valence-electron chi connectivity index (χ1n) is 6.61. The molecule has 5 nitrogen and oxygen atoms in total. The van der Waals surface area contributed by atoms with E-state index < -0.39 is 11.9 Å². The number of carboxylic acid groups (broad SMARTS) is 1. The van der Waals surface area contributed by atoms with E-state index in [0.717, 1.165) is 11.3 Å². The number of amides is 2. The summed E-state index contributed by atoms with van der Waals surface area (Å²) in [6.45, 7) is 2.59. The molecule has 3 N–H and O–H groups in total. The molecular weight excluding hydrogens is 276 g/mol. The van der Waals surface area contributed by atoms with Crippen molar-refractivity contribution in [1.82, 2.24) is 10.6 Å². The number of hydrogen-bond acceptors (Lipinski definition) is 3. The van der Waals surface area contributed by atoms with Gasteiger partial charge < -0.3 is 15.7 Å². The van der Waals surface area contributed by atoms with Crippen LogP contribution in [-0.4, -0.2) is 23.1 Å². The predicted molar refractivity (Wildman–Crippen MR) is 77.7 cm³/mol. The van der Waals surface area contributed by atoms with Gasteiger partial charge in [-0.05, 0) is 25.0 Å². The van der Waals surface area contributed by atoms with Gasteiger partial charge in [0.15, 0.2) is 0 Å². The van der Waals surface area contributed by atoms with Gasteiger partial charge in [0, 0.05) is 9.75 Å². The molecule has 1 aromatic heterocycles. The summed E-state index contributed by atoms with van der Waals surface area (Å²) >= 11 is 1.69. The van der Waals surface area contributed by atoms with Gasteiger partial charge in [0.1, 0.15) is 0 Å². The summed E-state index contributed by atoms with van der Waals surface area (Å²) in [7, 11) is 0. The van der Waals surface area contributed by atoms with Crippen molar-refractivity contribution in [2.24, 2.45) is 5.92 Å². The summed E-state index contributed by atoms with van der Waals surface area (Å²) < 4.78 is 0. The van der Waals surface area contributed by atoms with Gasteiger partial charge in [-0.2, -0.15) is 0 Å². The third-order valence-electron chi connectivity index (χ3n) is 3.21. The molecule has 2 rings (SSSR count). The monoisotopic (exact) mass is 294 g/mol. The molecule has 0 saturated heterocycles. The molecule has 0 radical (unpaired) electrons. The van der Waals surface area contributed by atoms with Crippen molar-refractivity contribution in [3.8, 4) is 0 Å². The van der Waals surface area contributed by atoms with Crippen LogP contribution in [0.15, 0.2) is 24.3 Å². The van der Waals surface area contributed by atoms with Gasteiger partial charge in [-0.1, -0.05) is 19.1 Å². The fourth-order valence-electron chi connectivity index (χ4n) is 2.08. The Morgan fingerprint density at radius 3 is 2.70 bits per heavy atom. The van der Waals surface area contributed by atoms with Crippen LogP contribution in [0.2, 0.25) is 0 Å². The topological polar surface area (TPSA) is 78.4 Å². The Morgan fingerprint density at radius 1 is 1.35 bits per heavy atom. The number of carbonyl (C=O) groups is 2. The Bertz CT molecular complexity index is 524. The lowest BCUT2D eigenvalue weighted by Gasteiger charge is -2.12. The van der Waals surface area contributed by atoms with Gasteiger partial charge in [-0.25, -0.2) is 4.79 Å². The minimum atomic E-state index is -0.850. The van der Waals surface area contributed by atoms with E-state index in [1.807, 2.05) is 6.07 Å². The molecule has 2 unspecified atom stereocenters. The van der Waals surface area contributed by atoms with Crippen molar-refractivity contribution in [1.29, 1.82) is 0 Å². The number of nitrogens with one attached hydrogen (secondary N) is 2. The van der Waals surface area contributed by atoms with Crippen LogP contribution in [0, 0.1) is 5.92 Å². The lowest BCUT2D eigenvalue weighted by atomic mass is 10.1. The zero-order valence-corrected chi connectivity index (χ0v) is 12.1. The Labute approximate surface area is 121 Å². The van der Waals surface area contributed by atoms with E-state index in [4.69, 9.17) is 5.11 Å². The Morgan fingerprint density at radius 2 is 2.10 bits per heavy atom. The van der Waals surface area contributed by atoms with Gasteiger partial charge in [-0.15, -0.1) is 11.3 Å². The summed E-state index contributed by atoms with van der Waals surface area (Å²) in [5.41, 5.74) is 0. The first-order chi connectivity index (χ1) is 9.58. The van der Waals surface area contributed by atoms with Crippen LogP contribution in [0.4, 0.5) is 4.79 Å². The van der Waals surface area contributed by atoms with Gasteiger partial charge >= 0.3 is 12.0 Å². The molecule has 1 aliphatic carbocycles. The molecule has 6 heteroatoms. The fraction of sp³-hybridized carbons (Fsp3) is 0.429. The van der Waals surface area contributed by atoms with Crippen LogP contribution in [0.25, 0.3) is 0 Å². The molecule has 1 heterocycles. The summed E-state index contributed by atoms with van der Waals surface area (Å²) in [5.74, 6) is -1.35. The van der Waals surface area contributed by atoms with Gasteiger partial charge in [0.2, 0.25) is 0 Å². The molecule has 2 atom stereocenters. The molecule has 0 aromatic carbocycles. The zero-order valence-electron chi connectivity index (χ0n) is 11.3. The van der Waals surface area contributed by atoms with Crippen molar-refractivity contribution in [3.05, 3.63) is 34.0 Å². The molecule has 0 spiro atoms. The smallest absolute Gasteiger partial charge is 0.315 e. The molecule has 0 saturated carbocycles. The Hall–Kier alpha value is -1.82. The number of urea groups is 1. The van der Waals surface area contributed by atoms with E-state index in [-0.39, 0.29) is 12.1 Å². The van der Waals surface area contributed by atoms with Gasteiger partial charge in [-0.3, -0.25) is 4.79 Å². The lowest BCUT2D eigenvalue weighted by Crippen LogP contribution is -2.40. The second-order valence-electron chi connectivity index (χ2n) is 4.72. The predicted octanol–water partition coefficient (Wildman–Crippen LogP) is 2.14. The van der Waals surface area contributed by atoms with Crippen LogP contribution < -0.4 is 10.6 Å². The Balaban J connectivity index is 1.73. The standard InChI is InChI=1S/C14H18N2O3S/c1-2-11-5-6-12(20-11)8-15-14(19)16-10-4-3-9(7-10)13(17)18/h3-6,9-10H,2,7-8H2,1H3,(H,17,18)(H2,15,16,19). The largest absolute Gasteiger partial charge is 0.481 e. The highest BCUT2D eigenvalue weighted by molar-refractivity contribution is 7.11. The first-order valence-corrected chi connectivity index (χ1v) is 7.43. The number of carbonyl (C=O) groups excluding carboxylic acids is 1. The van der Waals surface area contributed by atoms with Crippen molar-refractivity contribution in [2.75, 3.05) is 0 Å². The van der Waals surface area contributed by atoms with E-state index in [1.54, 1.807) is 23.5 Å². The third kappa shape index (κ3) is 3.84. The number of carboxylic acids is 1. The van der Waals surface area contributed by atoms with Crippen LogP contribution in [0.1, 0.15) is 23.1 Å². The van der Waals surface area contributed by atoms with E-state index in [0.29, 0.717) is 13.0 Å². The Kier molecular flexibility index (Phi) is 4.79. The maximum absolute atomic E-state index is 11.7.